The summed E-state index contributed by atoms with van der Waals surface area (Å²) in [5, 5.41) is 4.93. The maximum absolute atomic E-state index is 13.4. The Morgan fingerprint density at radius 3 is 2.52 bits per heavy atom. The number of amides is 2. The molecular formula is C22H26FN3O6S. The molecule has 3 rings (SSSR count). The van der Waals surface area contributed by atoms with Crippen LogP contribution in [0.1, 0.15) is 17.5 Å². The first kappa shape index (κ1) is 24.6. The van der Waals surface area contributed by atoms with Gasteiger partial charge in [0.25, 0.3) is 0 Å². The summed E-state index contributed by atoms with van der Waals surface area (Å²) in [6.07, 6.45) is -0.529. The second kappa shape index (κ2) is 10.7. The lowest BCUT2D eigenvalue weighted by molar-refractivity contribution is -0.140. The van der Waals surface area contributed by atoms with E-state index < -0.39 is 33.9 Å². The first-order valence-corrected chi connectivity index (χ1v) is 11.7. The van der Waals surface area contributed by atoms with Crippen molar-refractivity contribution >= 4 is 21.8 Å². The molecule has 2 amide bonds. The van der Waals surface area contributed by atoms with E-state index in [0.717, 1.165) is 22.0 Å². The predicted molar refractivity (Wildman–Crippen MR) is 117 cm³/mol. The Morgan fingerprint density at radius 2 is 1.85 bits per heavy atom. The van der Waals surface area contributed by atoms with Crippen LogP contribution in [0.2, 0.25) is 0 Å². The Balaban J connectivity index is 1.60. The summed E-state index contributed by atoms with van der Waals surface area (Å²) in [6, 6.07) is 10.4. The molecule has 2 aromatic carbocycles. The summed E-state index contributed by atoms with van der Waals surface area (Å²) in [5.41, 5.74) is 1.04. The third-order valence-electron chi connectivity index (χ3n) is 5.13. The number of halogens is 1. The maximum atomic E-state index is 13.4. The molecule has 0 saturated carbocycles. The zero-order valence-corrected chi connectivity index (χ0v) is 19.2. The lowest BCUT2D eigenvalue weighted by Crippen LogP contribution is -2.53. The predicted octanol–water partition coefficient (Wildman–Crippen LogP) is 1.31. The smallest absolute Gasteiger partial charge is 0.309 e. The van der Waals surface area contributed by atoms with E-state index in [-0.39, 0.29) is 30.1 Å². The minimum Gasteiger partial charge on any atom is -0.497 e. The van der Waals surface area contributed by atoms with Gasteiger partial charge in [0.2, 0.25) is 10.0 Å². The van der Waals surface area contributed by atoms with Gasteiger partial charge in [0, 0.05) is 13.1 Å². The largest absolute Gasteiger partial charge is 0.497 e. The molecule has 1 aliphatic rings. The molecule has 0 unspecified atom stereocenters. The van der Waals surface area contributed by atoms with Crippen molar-refractivity contribution in [3.63, 3.8) is 0 Å². The van der Waals surface area contributed by atoms with Gasteiger partial charge < -0.3 is 20.1 Å². The number of nitrogens with one attached hydrogen (secondary N) is 2. The molecule has 33 heavy (non-hydrogen) atoms. The van der Waals surface area contributed by atoms with Crippen LogP contribution < -0.4 is 15.4 Å². The second-order valence-corrected chi connectivity index (χ2v) is 9.30. The van der Waals surface area contributed by atoms with Crippen molar-refractivity contribution in [3.8, 4) is 5.75 Å². The molecule has 2 aromatic rings. The number of hydrogen-bond acceptors (Lipinski definition) is 6. The lowest BCUT2D eigenvalue weighted by Gasteiger charge is -2.34. The monoisotopic (exact) mass is 479 g/mol. The SMILES string of the molecule is COc1ccc(CNC(=O)C(=O)NC[C@@H]2OCCCN2S(=O)(=O)c2ccc(F)cc2C)cc1. The van der Waals surface area contributed by atoms with Crippen molar-refractivity contribution < 1.29 is 31.9 Å². The molecule has 2 N–H and O–H groups in total. The van der Waals surface area contributed by atoms with Crippen molar-refractivity contribution in [1.82, 2.24) is 14.9 Å². The molecule has 1 saturated heterocycles. The summed E-state index contributed by atoms with van der Waals surface area (Å²) in [7, 11) is -2.45. The molecule has 0 aromatic heterocycles. The molecule has 178 valence electrons. The van der Waals surface area contributed by atoms with E-state index in [1.165, 1.54) is 13.0 Å². The van der Waals surface area contributed by atoms with Crippen LogP contribution in [-0.2, 0) is 30.9 Å². The normalized spacial score (nSPS) is 16.8. The first-order valence-electron chi connectivity index (χ1n) is 10.3. The quantitative estimate of drug-likeness (QED) is 0.579. The number of methoxy groups -OCH3 is 1. The summed E-state index contributed by atoms with van der Waals surface area (Å²) < 4.78 is 51.4. The maximum Gasteiger partial charge on any atom is 0.309 e. The Labute approximate surface area is 191 Å². The van der Waals surface area contributed by atoms with Crippen LogP contribution in [0, 0.1) is 12.7 Å². The van der Waals surface area contributed by atoms with Crippen LogP contribution in [0.15, 0.2) is 47.4 Å². The molecule has 1 atom stereocenters. The highest BCUT2D eigenvalue weighted by atomic mass is 32.2. The number of nitrogens with zero attached hydrogens (tertiary/aromatic N) is 1. The van der Waals surface area contributed by atoms with Gasteiger partial charge in [0.1, 0.15) is 17.8 Å². The van der Waals surface area contributed by atoms with Crippen LogP contribution in [0.3, 0.4) is 0 Å². The van der Waals surface area contributed by atoms with Crippen molar-refractivity contribution in [2.24, 2.45) is 0 Å². The third kappa shape index (κ3) is 6.06. The highest BCUT2D eigenvalue weighted by molar-refractivity contribution is 7.89. The van der Waals surface area contributed by atoms with Crippen LogP contribution in [0.25, 0.3) is 0 Å². The van der Waals surface area contributed by atoms with E-state index in [2.05, 4.69) is 10.6 Å². The summed E-state index contributed by atoms with van der Waals surface area (Å²) >= 11 is 0. The standard InChI is InChI=1S/C22H26FN3O6S/c1-15-12-17(23)6-9-19(15)33(29,30)26-10-3-11-32-20(26)14-25-22(28)21(27)24-13-16-4-7-18(31-2)8-5-16/h4-9,12,20H,3,10-11,13-14H2,1-2H3,(H,24,27)(H,25,28)/t20-/m0/s1. The van der Waals surface area contributed by atoms with E-state index in [1.54, 1.807) is 31.4 Å². The number of carbonyl (C=O) groups excluding carboxylic acids is 2. The summed E-state index contributed by atoms with van der Waals surface area (Å²) in [4.78, 5) is 24.3. The molecule has 11 heteroatoms. The Hall–Kier alpha value is -3.02. The molecule has 1 aliphatic heterocycles. The average molecular weight is 480 g/mol. The number of hydrogen-bond donors (Lipinski definition) is 2. The zero-order chi connectivity index (χ0) is 24.0. The van der Waals surface area contributed by atoms with Crippen LogP contribution in [0.4, 0.5) is 4.39 Å². The number of ether oxygens (including phenoxy) is 2. The Bertz CT molecular complexity index is 1110. The Kier molecular flexibility index (Phi) is 8.01. The molecule has 0 bridgehead atoms. The van der Waals surface area contributed by atoms with E-state index in [0.29, 0.717) is 18.8 Å². The van der Waals surface area contributed by atoms with Gasteiger partial charge in [-0.2, -0.15) is 4.31 Å². The van der Waals surface area contributed by atoms with Crippen LogP contribution >= 0.6 is 0 Å². The zero-order valence-electron chi connectivity index (χ0n) is 18.3. The number of sulfonamides is 1. The Morgan fingerprint density at radius 1 is 1.15 bits per heavy atom. The van der Waals surface area contributed by atoms with Gasteiger partial charge in [-0.25, -0.2) is 12.8 Å². The second-order valence-electron chi connectivity index (χ2n) is 7.45. The summed E-state index contributed by atoms with van der Waals surface area (Å²) in [6.45, 7) is 1.90. The molecular weight excluding hydrogens is 453 g/mol. The minimum atomic E-state index is -4.00. The molecule has 1 heterocycles. The van der Waals surface area contributed by atoms with E-state index in [9.17, 15) is 22.4 Å². The van der Waals surface area contributed by atoms with Gasteiger partial charge in [-0.15, -0.1) is 0 Å². The number of benzene rings is 2. The van der Waals surface area contributed by atoms with Gasteiger partial charge >= 0.3 is 11.8 Å². The van der Waals surface area contributed by atoms with Crippen molar-refractivity contribution in [1.29, 1.82) is 0 Å². The van der Waals surface area contributed by atoms with Crippen molar-refractivity contribution in [2.75, 3.05) is 26.8 Å². The van der Waals surface area contributed by atoms with Gasteiger partial charge in [0.05, 0.1) is 25.2 Å². The van der Waals surface area contributed by atoms with Crippen molar-refractivity contribution in [3.05, 3.63) is 59.4 Å². The van der Waals surface area contributed by atoms with Crippen molar-refractivity contribution in [2.45, 2.75) is 31.0 Å². The minimum absolute atomic E-state index is 0.0389. The summed E-state index contributed by atoms with van der Waals surface area (Å²) in [5.74, 6) is -1.63. The number of aryl methyl sites for hydroxylation is 1. The third-order valence-corrected chi connectivity index (χ3v) is 7.18. The fourth-order valence-electron chi connectivity index (χ4n) is 3.40. The molecule has 0 aliphatic carbocycles. The first-order chi connectivity index (χ1) is 15.7. The molecule has 9 nitrogen and oxygen atoms in total. The fraction of sp³-hybridized carbons (Fsp3) is 0.364. The van der Waals surface area contributed by atoms with E-state index in [1.807, 2.05) is 0 Å². The van der Waals surface area contributed by atoms with Gasteiger partial charge in [0.15, 0.2) is 0 Å². The van der Waals surface area contributed by atoms with Crippen LogP contribution in [0.5, 0.6) is 5.75 Å². The topological polar surface area (TPSA) is 114 Å². The number of carbonyl (C=O) groups is 2. The fourth-order valence-corrected chi connectivity index (χ4v) is 5.17. The van der Waals surface area contributed by atoms with Gasteiger partial charge in [-0.3, -0.25) is 9.59 Å². The van der Waals surface area contributed by atoms with Gasteiger partial charge in [-0.05, 0) is 54.8 Å². The highest BCUT2D eigenvalue weighted by Crippen LogP contribution is 2.25. The highest BCUT2D eigenvalue weighted by Gasteiger charge is 2.35. The molecule has 1 fully saturated rings. The number of rotatable bonds is 7. The van der Waals surface area contributed by atoms with E-state index in [4.69, 9.17) is 9.47 Å². The molecule has 0 spiro atoms. The molecule has 0 radical (unpaired) electrons. The van der Waals surface area contributed by atoms with E-state index >= 15 is 0 Å². The lowest BCUT2D eigenvalue weighted by atomic mass is 10.2. The average Bonchev–Trinajstić information content (AvgIpc) is 2.81. The van der Waals surface area contributed by atoms with Crippen LogP contribution in [-0.4, -0.2) is 57.6 Å². The van der Waals surface area contributed by atoms with Gasteiger partial charge in [-0.1, -0.05) is 12.1 Å².